The quantitative estimate of drug-likeness (QED) is 0.641. The fourth-order valence-electron chi connectivity index (χ4n) is 2.66. The van der Waals surface area contributed by atoms with Crippen molar-refractivity contribution in [2.24, 2.45) is 0 Å². The molecule has 9 heteroatoms. The normalized spacial score (nSPS) is 11.0. The van der Waals surface area contributed by atoms with Gasteiger partial charge < -0.3 is 20.1 Å². The molecule has 0 unspecified atom stereocenters. The summed E-state index contributed by atoms with van der Waals surface area (Å²) in [7, 11) is 1.33. The van der Waals surface area contributed by atoms with Gasteiger partial charge in [0.15, 0.2) is 18.1 Å². The summed E-state index contributed by atoms with van der Waals surface area (Å²) in [6.45, 7) is 0.312. The monoisotopic (exact) mass is 424 g/mol. The summed E-state index contributed by atoms with van der Waals surface area (Å²) in [6, 6.07) is 11.7. The van der Waals surface area contributed by atoms with Crippen molar-refractivity contribution in [3.05, 3.63) is 53.6 Å². The Morgan fingerprint density at radius 1 is 1.03 bits per heavy atom. The molecular weight excluding hydrogens is 401 g/mol. The molecule has 0 saturated carbocycles. The number of carbonyl (C=O) groups excluding carboxylic acids is 2. The predicted octanol–water partition coefficient (Wildman–Crippen LogP) is 3.84. The molecule has 6 nitrogen and oxygen atoms in total. The summed E-state index contributed by atoms with van der Waals surface area (Å²) in [5.41, 5.74) is 2.21. The van der Waals surface area contributed by atoms with Crippen molar-refractivity contribution in [1.82, 2.24) is 5.32 Å². The second-order valence-corrected chi connectivity index (χ2v) is 6.55. The maximum Gasteiger partial charge on any atom is 0.422 e. The Hall–Kier alpha value is -3.23. The third kappa shape index (κ3) is 8.02. The van der Waals surface area contributed by atoms with Gasteiger partial charge in [-0.2, -0.15) is 13.2 Å². The van der Waals surface area contributed by atoms with Crippen molar-refractivity contribution in [3.8, 4) is 11.5 Å². The number of aryl methyl sites for hydroxylation is 1. The van der Waals surface area contributed by atoms with Crippen molar-refractivity contribution in [2.75, 3.05) is 19.0 Å². The van der Waals surface area contributed by atoms with Crippen LogP contribution in [0.5, 0.6) is 11.5 Å². The number of rotatable bonds is 9. The van der Waals surface area contributed by atoms with Crippen LogP contribution in [-0.4, -0.2) is 31.7 Å². The average Bonchev–Trinajstić information content (AvgIpc) is 2.68. The van der Waals surface area contributed by atoms with Crippen LogP contribution < -0.4 is 20.1 Å². The van der Waals surface area contributed by atoms with E-state index in [1.54, 1.807) is 30.3 Å². The Kier molecular flexibility index (Phi) is 8.08. The van der Waals surface area contributed by atoms with Crippen LogP contribution in [0.25, 0.3) is 0 Å². The van der Waals surface area contributed by atoms with Gasteiger partial charge in [-0.25, -0.2) is 0 Å². The molecule has 2 amide bonds. The van der Waals surface area contributed by atoms with Crippen LogP contribution in [0, 0.1) is 0 Å². The molecule has 2 aromatic rings. The Labute approximate surface area is 172 Å². The van der Waals surface area contributed by atoms with E-state index in [0.29, 0.717) is 18.7 Å². The second kappa shape index (κ2) is 10.5. The predicted molar refractivity (Wildman–Crippen MR) is 105 cm³/mol. The number of methoxy groups -OCH3 is 1. The van der Waals surface area contributed by atoms with Crippen molar-refractivity contribution in [3.63, 3.8) is 0 Å². The molecule has 30 heavy (non-hydrogen) atoms. The highest BCUT2D eigenvalue weighted by Crippen LogP contribution is 2.30. The van der Waals surface area contributed by atoms with Crippen LogP contribution in [0.1, 0.15) is 24.5 Å². The minimum absolute atomic E-state index is 0.0120. The number of ether oxygens (including phenoxy) is 2. The van der Waals surface area contributed by atoms with Crippen LogP contribution in [0.3, 0.4) is 0 Å². The molecule has 0 aliphatic heterocycles. The number of nitrogens with one attached hydrogen (secondary N) is 2. The van der Waals surface area contributed by atoms with E-state index in [1.807, 2.05) is 6.07 Å². The van der Waals surface area contributed by atoms with Gasteiger partial charge in [-0.3, -0.25) is 9.59 Å². The summed E-state index contributed by atoms with van der Waals surface area (Å²) < 4.78 is 46.7. The lowest BCUT2D eigenvalue weighted by atomic mass is 10.1. The number of hydrogen-bond donors (Lipinski definition) is 2. The summed E-state index contributed by atoms with van der Waals surface area (Å²) >= 11 is 0. The Morgan fingerprint density at radius 2 is 1.80 bits per heavy atom. The van der Waals surface area contributed by atoms with Gasteiger partial charge in [0, 0.05) is 25.6 Å². The first-order valence-electron chi connectivity index (χ1n) is 9.16. The molecule has 0 heterocycles. The Balaban J connectivity index is 1.86. The highest BCUT2D eigenvalue weighted by atomic mass is 19.4. The molecular formula is C21H23F3N2O4. The minimum atomic E-state index is -4.44. The van der Waals surface area contributed by atoms with E-state index in [4.69, 9.17) is 9.47 Å². The molecule has 0 radical (unpaired) electrons. The molecule has 0 aliphatic carbocycles. The van der Waals surface area contributed by atoms with Crippen LogP contribution in [0.4, 0.5) is 18.9 Å². The van der Waals surface area contributed by atoms with E-state index in [0.717, 1.165) is 11.1 Å². The first-order chi connectivity index (χ1) is 14.2. The van der Waals surface area contributed by atoms with Gasteiger partial charge >= 0.3 is 6.18 Å². The third-order valence-corrected chi connectivity index (χ3v) is 4.00. The standard InChI is InChI=1S/C21H23F3N2O4/c1-14(27)26-17-5-3-4-16(10-17)12-25-20(28)9-7-15-6-8-18(19(11-15)29-2)30-13-21(22,23)24/h3-6,8,10-11H,7,9,12-13H2,1-2H3,(H,25,28)(H,26,27). The van der Waals surface area contributed by atoms with Gasteiger partial charge in [0.25, 0.3) is 0 Å². The average molecular weight is 424 g/mol. The van der Waals surface area contributed by atoms with Crippen LogP contribution in [-0.2, 0) is 22.6 Å². The van der Waals surface area contributed by atoms with Gasteiger partial charge in [0.05, 0.1) is 7.11 Å². The third-order valence-electron chi connectivity index (χ3n) is 4.00. The molecule has 2 rings (SSSR count). The number of halogens is 3. The van der Waals surface area contributed by atoms with Gasteiger partial charge in [-0.05, 0) is 41.8 Å². The van der Waals surface area contributed by atoms with Gasteiger partial charge in [-0.15, -0.1) is 0 Å². The number of hydrogen-bond acceptors (Lipinski definition) is 4. The van der Waals surface area contributed by atoms with E-state index in [1.165, 1.54) is 20.1 Å². The zero-order chi connectivity index (χ0) is 22.1. The summed E-state index contributed by atoms with van der Waals surface area (Å²) in [5.74, 6) is -0.202. The van der Waals surface area contributed by atoms with Crippen molar-refractivity contribution >= 4 is 17.5 Å². The fourth-order valence-corrected chi connectivity index (χ4v) is 2.66. The molecule has 0 bridgehead atoms. The molecule has 0 aliphatic rings. The maximum atomic E-state index is 12.3. The fraction of sp³-hybridized carbons (Fsp3) is 0.333. The first-order valence-corrected chi connectivity index (χ1v) is 9.16. The number of amides is 2. The van der Waals surface area contributed by atoms with Gasteiger partial charge in [-0.1, -0.05) is 18.2 Å². The van der Waals surface area contributed by atoms with Crippen LogP contribution in [0.2, 0.25) is 0 Å². The number of alkyl halides is 3. The molecule has 0 fully saturated rings. The van der Waals surface area contributed by atoms with Crippen LogP contribution in [0.15, 0.2) is 42.5 Å². The summed E-state index contributed by atoms with van der Waals surface area (Å²) in [6.07, 6.45) is -3.87. The molecule has 2 aromatic carbocycles. The lowest BCUT2D eigenvalue weighted by molar-refractivity contribution is -0.153. The zero-order valence-corrected chi connectivity index (χ0v) is 16.6. The topological polar surface area (TPSA) is 76.7 Å². The van der Waals surface area contributed by atoms with E-state index in [-0.39, 0.29) is 29.7 Å². The van der Waals surface area contributed by atoms with E-state index < -0.39 is 12.8 Å². The molecule has 162 valence electrons. The van der Waals surface area contributed by atoms with Gasteiger partial charge in [0.2, 0.25) is 11.8 Å². The Bertz CT molecular complexity index is 885. The molecule has 0 spiro atoms. The lowest BCUT2D eigenvalue weighted by Crippen LogP contribution is -2.23. The highest BCUT2D eigenvalue weighted by molar-refractivity contribution is 5.88. The van der Waals surface area contributed by atoms with E-state index >= 15 is 0 Å². The summed E-state index contributed by atoms with van der Waals surface area (Å²) in [5, 5.41) is 5.47. The summed E-state index contributed by atoms with van der Waals surface area (Å²) in [4.78, 5) is 23.2. The number of benzene rings is 2. The van der Waals surface area contributed by atoms with Gasteiger partial charge in [0.1, 0.15) is 0 Å². The zero-order valence-electron chi connectivity index (χ0n) is 16.6. The van der Waals surface area contributed by atoms with E-state index in [9.17, 15) is 22.8 Å². The second-order valence-electron chi connectivity index (χ2n) is 6.55. The first kappa shape index (κ1) is 23.1. The smallest absolute Gasteiger partial charge is 0.422 e. The SMILES string of the molecule is COc1cc(CCC(=O)NCc2cccc(NC(C)=O)c2)ccc1OCC(F)(F)F. The minimum Gasteiger partial charge on any atom is -0.493 e. The van der Waals surface area contributed by atoms with Crippen LogP contribution >= 0.6 is 0 Å². The van der Waals surface area contributed by atoms with E-state index in [2.05, 4.69) is 10.6 Å². The molecule has 0 saturated heterocycles. The molecule has 0 atom stereocenters. The number of anilines is 1. The maximum absolute atomic E-state index is 12.3. The van der Waals surface area contributed by atoms with Crippen molar-refractivity contribution < 1.29 is 32.2 Å². The lowest BCUT2D eigenvalue weighted by Gasteiger charge is -2.13. The Morgan fingerprint density at radius 3 is 2.47 bits per heavy atom. The molecule has 2 N–H and O–H groups in total. The van der Waals surface area contributed by atoms with Crippen molar-refractivity contribution in [2.45, 2.75) is 32.5 Å². The van der Waals surface area contributed by atoms with Crippen molar-refractivity contribution in [1.29, 1.82) is 0 Å². The largest absolute Gasteiger partial charge is 0.493 e. The molecule has 0 aromatic heterocycles. The highest BCUT2D eigenvalue weighted by Gasteiger charge is 2.29. The number of carbonyl (C=O) groups is 2.